The molecule has 0 bridgehead atoms. The van der Waals surface area contributed by atoms with Gasteiger partial charge in [-0.1, -0.05) is 6.92 Å². The lowest BCUT2D eigenvalue weighted by Gasteiger charge is -2.26. The second kappa shape index (κ2) is 3.60. The minimum Gasteiger partial charge on any atom is -0.313 e. The van der Waals surface area contributed by atoms with E-state index in [-0.39, 0.29) is 0 Å². The van der Waals surface area contributed by atoms with Crippen molar-refractivity contribution in [3.8, 4) is 0 Å². The van der Waals surface area contributed by atoms with Gasteiger partial charge in [0.05, 0.1) is 6.10 Å². The summed E-state index contributed by atoms with van der Waals surface area (Å²) < 4.78 is 53.6. The molecule has 0 aliphatic heterocycles. The van der Waals surface area contributed by atoms with Crippen LogP contribution in [0.1, 0.15) is 27.2 Å². The summed E-state index contributed by atoms with van der Waals surface area (Å²) in [5, 5.41) is 0. The standard InChI is InChI=1S/C7H12F4O/c1-4-6(8,9)7(10,11)12-5(2)3/h5H,4H2,1-3H3. The number of ether oxygens (including phenoxy) is 1. The minimum atomic E-state index is -4.37. The van der Waals surface area contributed by atoms with Crippen LogP contribution in [0.2, 0.25) is 0 Å². The maximum absolute atomic E-state index is 12.5. The van der Waals surface area contributed by atoms with Gasteiger partial charge in [0.15, 0.2) is 0 Å². The Morgan fingerprint density at radius 2 is 1.58 bits per heavy atom. The van der Waals surface area contributed by atoms with Crippen LogP contribution in [0.3, 0.4) is 0 Å². The molecule has 0 saturated heterocycles. The number of rotatable bonds is 4. The molecule has 0 aliphatic rings. The number of hydrogen-bond donors (Lipinski definition) is 0. The monoisotopic (exact) mass is 188 g/mol. The summed E-state index contributed by atoms with van der Waals surface area (Å²) in [5.74, 6) is -4.09. The average Bonchev–Trinajstić information content (AvgIpc) is 1.84. The van der Waals surface area contributed by atoms with E-state index >= 15 is 0 Å². The van der Waals surface area contributed by atoms with Gasteiger partial charge in [-0.2, -0.15) is 17.6 Å². The molecule has 12 heavy (non-hydrogen) atoms. The van der Waals surface area contributed by atoms with Crippen molar-refractivity contribution in [1.82, 2.24) is 0 Å². The van der Waals surface area contributed by atoms with Crippen molar-refractivity contribution in [3.63, 3.8) is 0 Å². The molecule has 0 heterocycles. The Morgan fingerprint density at radius 3 is 1.83 bits per heavy atom. The van der Waals surface area contributed by atoms with Crippen molar-refractivity contribution < 1.29 is 22.3 Å². The summed E-state index contributed by atoms with van der Waals surface area (Å²) in [6, 6.07) is 0. The third kappa shape index (κ3) is 2.62. The molecule has 5 heteroatoms. The molecule has 0 aromatic carbocycles. The van der Waals surface area contributed by atoms with Crippen molar-refractivity contribution in [2.24, 2.45) is 0 Å². The second-order valence-electron chi connectivity index (χ2n) is 2.74. The van der Waals surface area contributed by atoms with Crippen molar-refractivity contribution in [1.29, 1.82) is 0 Å². The van der Waals surface area contributed by atoms with Gasteiger partial charge in [0, 0.05) is 6.42 Å². The molecular formula is C7H12F4O. The fraction of sp³-hybridized carbons (Fsp3) is 1.00. The van der Waals surface area contributed by atoms with Gasteiger partial charge in [0.2, 0.25) is 0 Å². The SMILES string of the molecule is CCC(F)(F)C(F)(F)OC(C)C. The molecule has 0 aromatic heterocycles. The summed E-state index contributed by atoms with van der Waals surface area (Å²) in [6.45, 7) is 3.54. The molecule has 0 spiro atoms. The lowest BCUT2D eigenvalue weighted by molar-refractivity contribution is -0.358. The lowest BCUT2D eigenvalue weighted by Crippen LogP contribution is -2.43. The van der Waals surface area contributed by atoms with E-state index in [1.54, 1.807) is 0 Å². The number of alkyl halides is 4. The molecule has 0 aliphatic carbocycles. The van der Waals surface area contributed by atoms with Crippen LogP contribution >= 0.6 is 0 Å². The Labute approximate surface area is 68.7 Å². The van der Waals surface area contributed by atoms with Gasteiger partial charge in [-0.05, 0) is 13.8 Å². The van der Waals surface area contributed by atoms with Gasteiger partial charge in [-0.15, -0.1) is 0 Å². The van der Waals surface area contributed by atoms with E-state index in [0.717, 1.165) is 6.92 Å². The molecule has 0 rings (SSSR count). The maximum Gasteiger partial charge on any atom is 0.419 e. The van der Waals surface area contributed by atoms with Crippen molar-refractivity contribution in [2.75, 3.05) is 0 Å². The summed E-state index contributed by atoms with van der Waals surface area (Å²) >= 11 is 0. The Balaban J connectivity index is 4.37. The van der Waals surface area contributed by atoms with Gasteiger partial charge in [0.25, 0.3) is 0 Å². The van der Waals surface area contributed by atoms with Crippen LogP contribution in [0.25, 0.3) is 0 Å². The van der Waals surface area contributed by atoms with Gasteiger partial charge in [-0.3, -0.25) is 0 Å². The fourth-order valence-electron chi connectivity index (χ4n) is 0.588. The van der Waals surface area contributed by atoms with Gasteiger partial charge < -0.3 is 4.74 Å². The van der Waals surface area contributed by atoms with E-state index in [1.807, 2.05) is 0 Å². The van der Waals surface area contributed by atoms with Crippen molar-refractivity contribution in [3.05, 3.63) is 0 Å². The first kappa shape index (κ1) is 11.7. The van der Waals surface area contributed by atoms with E-state index in [4.69, 9.17) is 0 Å². The molecule has 0 unspecified atom stereocenters. The van der Waals surface area contributed by atoms with E-state index < -0.39 is 24.6 Å². The predicted octanol–water partition coefficient (Wildman–Crippen LogP) is 3.05. The fourth-order valence-corrected chi connectivity index (χ4v) is 0.588. The van der Waals surface area contributed by atoms with Crippen LogP contribution < -0.4 is 0 Å². The zero-order valence-corrected chi connectivity index (χ0v) is 7.20. The molecule has 74 valence electrons. The summed E-state index contributed by atoms with van der Waals surface area (Å²) in [4.78, 5) is 0. The van der Waals surface area contributed by atoms with Crippen molar-refractivity contribution >= 4 is 0 Å². The Hall–Kier alpha value is -0.320. The van der Waals surface area contributed by atoms with E-state index in [9.17, 15) is 17.6 Å². The van der Waals surface area contributed by atoms with E-state index in [1.165, 1.54) is 13.8 Å². The zero-order valence-electron chi connectivity index (χ0n) is 7.20. The average molecular weight is 188 g/mol. The van der Waals surface area contributed by atoms with Crippen LogP contribution in [-0.4, -0.2) is 18.1 Å². The molecule has 0 aromatic rings. The molecule has 0 amide bonds. The first-order valence-electron chi connectivity index (χ1n) is 3.66. The zero-order chi connectivity index (χ0) is 9.99. The van der Waals surface area contributed by atoms with E-state index in [2.05, 4.69) is 4.74 Å². The van der Waals surface area contributed by atoms with Gasteiger partial charge >= 0.3 is 12.0 Å². The van der Waals surface area contributed by atoms with Gasteiger partial charge in [-0.25, -0.2) is 0 Å². The predicted molar refractivity (Wildman–Crippen MR) is 36.4 cm³/mol. The molecule has 1 nitrogen and oxygen atoms in total. The highest BCUT2D eigenvalue weighted by atomic mass is 19.3. The minimum absolute atomic E-state index is 0.919. The van der Waals surface area contributed by atoms with Crippen LogP contribution in [0.15, 0.2) is 0 Å². The second-order valence-corrected chi connectivity index (χ2v) is 2.74. The lowest BCUT2D eigenvalue weighted by atomic mass is 10.2. The smallest absolute Gasteiger partial charge is 0.313 e. The molecular weight excluding hydrogens is 176 g/mol. The molecule has 0 radical (unpaired) electrons. The van der Waals surface area contributed by atoms with Gasteiger partial charge in [0.1, 0.15) is 0 Å². The highest BCUT2D eigenvalue weighted by molar-refractivity contribution is 4.75. The van der Waals surface area contributed by atoms with E-state index in [0.29, 0.717) is 0 Å². The first-order chi connectivity index (χ1) is 5.23. The number of hydrogen-bond acceptors (Lipinski definition) is 1. The molecule has 0 fully saturated rings. The third-order valence-corrected chi connectivity index (χ3v) is 1.25. The van der Waals surface area contributed by atoms with Crippen LogP contribution in [-0.2, 0) is 4.74 Å². The molecule has 0 atom stereocenters. The first-order valence-corrected chi connectivity index (χ1v) is 3.66. The molecule has 0 saturated carbocycles. The summed E-state index contributed by atoms with van der Waals surface area (Å²) in [6.07, 6.45) is -6.22. The summed E-state index contributed by atoms with van der Waals surface area (Å²) in [5.41, 5.74) is 0. The third-order valence-electron chi connectivity index (χ3n) is 1.25. The number of halogens is 4. The Kier molecular flexibility index (Phi) is 3.50. The highest BCUT2D eigenvalue weighted by Crippen LogP contribution is 2.38. The van der Waals surface area contributed by atoms with Crippen LogP contribution in [0.4, 0.5) is 17.6 Å². The quantitative estimate of drug-likeness (QED) is 0.616. The van der Waals surface area contributed by atoms with Crippen LogP contribution in [0.5, 0.6) is 0 Å². The normalized spacial score (nSPS) is 14.0. The highest BCUT2D eigenvalue weighted by Gasteiger charge is 2.56. The Bertz CT molecular complexity index is 144. The molecule has 0 N–H and O–H groups in total. The summed E-state index contributed by atoms with van der Waals surface area (Å²) in [7, 11) is 0. The Morgan fingerprint density at radius 1 is 1.17 bits per heavy atom. The van der Waals surface area contributed by atoms with Crippen LogP contribution in [0, 0.1) is 0 Å². The largest absolute Gasteiger partial charge is 0.419 e. The van der Waals surface area contributed by atoms with Crippen molar-refractivity contribution in [2.45, 2.75) is 45.3 Å². The topological polar surface area (TPSA) is 9.23 Å². The maximum atomic E-state index is 12.5.